The number of amides is 1. The van der Waals surface area contributed by atoms with Gasteiger partial charge in [-0.15, -0.1) is 0 Å². The molecule has 1 aromatic carbocycles. The van der Waals surface area contributed by atoms with Crippen LogP contribution in [0.4, 0.5) is 5.82 Å². The smallest absolute Gasteiger partial charge is 0.255 e. The summed E-state index contributed by atoms with van der Waals surface area (Å²) >= 11 is 6.52. The van der Waals surface area contributed by atoms with Crippen molar-refractivity contribution in [1.29, 1.82) is 0 Å². The summed E-state index contributed by atoms with van der Waals surface area (Å²) in [4.78, 5) is 21.1. The molecule has 2 saturated heterocycles. The van der Waals surface area contributed by atoms with Gasteiger partial charge in [0.25, 0.3) is 5.91 Å². The lowest BCUT2D eigenvalue weighted by molar-refractivity contribution is 0.0302. The van der Waals surface area contributed by atoms with Crippen molar-refractivity contribution in [3.8, 4) is 5.75 Å². The van der Waals surface area contributed by atoms with Gasteiger partial charge in [0.2, 0.25) is 0 Å². The van der Waals surface area contributed by atoms with E-state index in [2.05, 4.69) is 41.9 Å². The summed E-state index contributed by atoms with van der Waals surface area (Å²) < 4.78 is 11.6. The summed E-state index contributed by atoms with van der Waals surface area (Å²) in [5.41, 5.74) is 2.87. The van der Waals surface area contributed by atoms with Crippen LogP contribution in [0.5, 0.6) is 5.75 Å². The maximum absolute atomic E-state index is 12.7. The summed E-state index contributed by atoms with van der Waals surface area (Å²) in [6.45, 7) is 8.16. The van der Waals surface area contributed by atoms with Gasteiger partial charge in [-0.3, -0.25) is 4.79 Å². The monoisotopic (exact) mass is 429 g/mol. The number of rotatable bonds is 4. The van der Waals surface area contributed by atoms with Gasteiger partial charge in [-0.05, 0) is 31.0 Å². The van der Waals surface area contributed by atoms with Crippen LogP contribution in [0.1, 0.15) is 34.3 Å². The first-order valence-electron chi connectivity index (χ1n) is 10.5. The number of anilines is 1. The highest BCUT2D eigenvalue weighted by molar-refractivity contribution is 6.33. The number of aromatic nitrogens is 1. The van der Waals surface area contributed by atoms with Gasteiger partial charge in [-0.1, -0.05) is 29.8 Å². The number of nitrogens with zero attached hydrogens (tertiary/aromatic N) is 3. The number of para-hydroxylation sites is 1. The molecular formula is C23H28ClN3O3. The average Bonchev–Trinajstić information content (AvgIpc) is 2.77. The van der Waals surface area contributed by atoms with Gasteiger partial charge in [0.05, 0.1) is 23.8 Å². The van der Waals surface area contributed by atoms with Crippen molar-refractivity contribution in [1.82, 2.24) is 9.88 Å². The quantitative estimate of drug-likeness (QED) is 0.738. The first kappa shape index (κ1) is 20.9. The van der Waals surface area contributed by atoms with E-state index in [-0.39, 0.29) is 12.0 Å². The van der Waals surface area contributed by atoms with Crippen LogP contribution in [0, 0.1) is 13.8 Å². The maximum Gasteiger partial charge on any atom is 0.255 e. The molecule has 7 heteroatoms. The predicted molar refractivity (Wildman–Crippen MR) is 118 cm³/mol. The number of pyridine rings is 1. The normalized spacial score (nSPS) is 17.8. The Hall–Kier alpha value is -2.31. The molecule has 0 aliphatic carbocycles. The number of hydrogen-bond donors (Lipinski definition) is 0. The van der Waals surface area contributed by atoms with E-state index in [1.165, 1.54) is 11.1 Å². The molecule has 2 aromatic rings. The van der Waals surface area contributed by atoms with Crippen LogP contribution in [-0.4, -0.2) is 61.3 Å². The third-order valence-corrected chi connectivity index (χ3v) is 6.08. The molecule has 4 rings (SSSR count). The third-order valence-electron chi connectivity index (χ3n) is 5.80. The number of carbonyl (C=O) groups is 1. The topological polar surface area (TPSA) is 54.9 Å². The second kappa shape index (κ2) is 9.23. The number of halogens is 1. The lowest BCUT2D eigenvalue weighted by Crippen LogP contribution is -2.41. The van der Waals surface area contributed by atoms with Crippen molar-refractivity contribution < 1.29 is 14.3 Å². The Balaban J connectivity index is 1.38. The molecule has 0 atom stereocenters. The SMILES string of the molecule is Cc1cccc(C)c1OC1CCN(c2ncc(C(=O)N3CCOCC3)cc2Cl)CC1. The van der Waals surface area contributed by atoms with Crippen LogP contribution in [0.25, 0.3) is 0 Å². The van der Waals surface area contributed by atoms with Crippen molar-refractivity contribution in [3.63, 3.8) is 0 Å². The summed E-state index contributed by atoms with van der Waals surface area (Å²) in [5.74, 6) is 1.69. The van der Waals surface area contributed by atoms with Crippen LogP contribution in [0.2, 0.25) is 5.02 Å². The van der Waals surface area contributed by atoms with Crippen LogP contribution >= 0.6 is 11.6 Å². The molecule has 160 valence electrons. The molecule has 0 saturated carbocycles. The molecule has 0 unspecified atom stereocenters. The van der Waals surface area contributed by atoms with Crippen LogP contribution in [0.15, 0.2) is 30.5 Å². The Morgan fingerprint density at radius 2 is 1.80 bits per heavy atom. The minimum atomic E-state index is -0.0417. The van der Waals surface area contributed by atoms with Crippen LogP contribution < -0.4 is 9.64 Å². The molecule has 0 spiro atoms. The molecule has 0 radical (unpaired) electrons. The second-order valence-electron chi connectivity index (χ2n) is 7.96. The van der Waals surface area contributed by atoms with E-state index in [9.17, 15) is 4.79 Å². The second-order valence-corrected chi connectivity index (χ2v) is 8.37. The molecule has 0 N–H and O–H groups in total. The zero-order chi connectivity index (χ0) is 21.1. The Kier molecular flexibility index (Phi) is 6.44. The van der Waals surface area contributed by atoms with Gasteiger partial charge in [0.15, 0.2) is 0 Å². The standard InChI is InChI=1S/C23H28ClN3O3/c1-16-4-3-5-17(2)21(16)30-19-6-8-26(9-7-19)22-20(24)14-18(15-25-22)23(28)27-10-12-29-13-11-27/h3-5,14-15,19H,6-13H2,1-2H3. The molecule has 2 fully saturated rings. The largest absolute Gasteiger partial charge is 0.490 e. The van der Waals surface area contributed by atoms with Gasteiger partial charge < -0.3 is 19.3 Å². The number of morpholine rings is 1. The number of piperidine rings is 1. The zero-order valence-electron chi connectivity index (χ0n) is 17.6. The van der Waals surface area contributed by atoms with Crippen LogP contribution in [-0.2, 0) is 4.74 Å². The molecule has 3 heterocycles. The number of carbonyl (C=O) groups excluding carboxylic acids is 1. The van der Waals surface area contributed by atoms with E-state index in [1.807, 2.05) is 0 Å². The Morgan fingerprint density at radius 3 is 2.43 bits per heavy atom. The van der Waals surface area contributed by atoms with E-state index in [0.29, 0.717) is 36.9 Å². The van der Waals surface area contributed by atoms with Gasteiger partial charge in [-0.2, -0.15) is 0 Å². The third kappa shape index (κ3) is 4.55. The highest BCUT2D eigenvalue weighted by Gasteiger charge is 2.25. The van der Waals surface area contributed by atoms with E-state index < -0.39 is 0 Å². The summed E-state index contributed by atoms with van der Waals surface area (Å²) in [5, 5.41) is 0.517. The number of aryl methyl sites for hydroxylation is 2. The van der Waals surface area contributed by atoms with E-state index >= 15 is 0 Å². The highest BCUT2D eigenvalue weighted by atomic mass is 35.5. The summed E-state index contributed by atoms with van der Waals surface area (Å²) in [6, 6.07) is 7.96. The maximum atomic E-state index is 12.7. The number of benzene rings is 1. The van der Waals surface area contributed by atoms with Crippen molar-refractivity contribution in [2.24, 2.45) is 0 Å². The fourth-order valence-electron chi connectivity index (χ4n) is 4.07. The lowest BCUT2D eigenvalue weighted by atomic mass is 10.1. The average molecular weight is 430 g/mol. The lowest BCUT2D eigenvalue weighted by Gasteiger charge is -2.34. The molecule has 1 aromatic heterocycles. The Bertz CT molecular complexity index is 886. The zero-order valence-corrected chi connectivity index (χ0v) is 18.3. The molecule has 30 heavy (non-hydrogen) atoms. The van der Waals surface area contributed by atoms with E-state index in [4.69, 9.17) is 21.1 Å². The van der Waals surface area contributed by atoms with Gasteiger partial charge in [0, 0.05) is 45.2 Å². The highest BCUT2D eigenvalue weighted by Crippen LogP contribution is 2.30. The van der Waals surface area contributed by atoms with Crippen molar-refractivity contribution >= 4 is 23.3 Å². The van der Waals surface area contributed by atoms with Gasteiger partial charge >= 0.3 is 0 Å². The number of hydrogen-bond acceptors (Lipinski definition) is 5. The minimum absolute atomic E-state index is 0.0417. The number of ether oxygens (including phenoxy) is 2. The summed E-state index contributed by atoms with van der Waals surface area (Å²) in [7, 11) is 0. The fraction of sp³-hybridized carbons (Fsp3) is 0.478. The van der Waals surface area contributed by atoms with Crippen LogP contribution in [0.3, 0.4) is 0 Å². The van der Waals surface area contributed by atoms with E-state index in [1.54, 1.807) is 17.2 Å². The first-order chi connectivity index (χ1) is 14.5. The van der Waals surface area contributed by atoms with Crippen molar-refractivity contribution in [3.05, 3.63) is 52.2 Å². The molecule has 2 aliphatic heterocycles. The predicted octanol–water partition coefficient (Wildman–Crippen LogP) is 3.87. The molecule has 0 bridgehead atoms. The first-order valence-corrected chi connectivity index (χ1v) is 10.9. The van der Waals surface area contributed by atoms with E-state index in [0.717, 1.165) is 37.5 Å². The van der Waals surface area contributed by atoms with Crippen molar-refractivity contribution in [2.75, 3.05) is 44.3 Å². The molecular weight excluding hydrogens is 402 g/mol. The minimum Gasteiger partial charge on any atom is -0.490 e. The van der Waals surface area contributed by atoms with Gasteiger partial charge in [0.1, 0.15) is 17.7 Å². The Labute approximate surface area is 182 Å². The van der Waals surface area contributed by atoms with Crippen molar-refractivity contribution in [2.45, 2.75) is 32.8 Å². The van der Waals surface area contributed by atoms with Gasteiger partial charge in [-0.25, -0.2) is 4.98 Å². The molecule has 1 amide bonds. The molecule has 6 nitrogen and oxygen atoms in total. The Morgan fingerprint density at radius 1 is 1.13 bits per heavy atom. The summed E-state index contributed by atoms with van der Waals surface area (Å²) in [6.07, 6.45) is 3.63. The molecule has 2 aliphatic rings. The fourth-order valence-corrected chi connectivity index (χ4v) is 4.35.